The molecule has 0 N–H and O–H groups in total. The molecule has 1 aromatic carbocycles. The van der Waals surface area contributed by atoms with Crippen LogP contribution >= 0.6 is 0 Å². The van der Waals surface area contributed by atoms with Gasteiger partial charge >= 0.3 is 0 Å². The summed E-state index contributed by atoms with van der Waals surface area (Å²) in [6.07, 6.45) is 7.84. The van der Waals surface area contributed by atoms with Crippen molar-refractivity contribution >= 4 is 5.91 Å². The molecule has 5 nitrogen and oxygen atoms in total. The summed E-state index contributed by atoms with van der Waals surface area (Å²) < 4.78 is 2.01. The van der Waals surface area contributed by atoms with Gasteiger partial charge in [0.2, 0.25) is 0 Å². The van der Waals surface area contributed by atoms with Crippen LogP contribution in [0.3, 0.4) is 0 Å². The normalized spacial score (nSPS) is 21.4. The van der Waals surface area contributed by atoms with Crippen molar-refractivity contribution < 1.29 is 4.79 Å². The number of aromatic nitrogens is 2. The van der Waals surface area contributed by atoms with E-state index in [1.807, 2.05) is 35.0 Å². The van der Waals surface area contributed by atoms with E-state index in [1.165, 1.54) is 30.5 Å². The largest absolute Gasteiger partial charge is 0.339 e. The van der Waals surface area contributed by atoms with Gasteiger partial charge in [0, 0.05) is 56.6 Å². The smallest absolute Gasteiger partial charge is 0.253 e. The van der Waals surface area contributed by atoms with Gasteiger partial charge in [0.1, 0.15) is 0 Å². The van der Waals surface area contributed by atoms with Gasteiger partial charge in [-0.05, 0) is 62.4 Å². The number of carbonyl (C=O) groups is 1. The molecule has 4 rings (SSSR count). The molecular weight excluding hydrogens is 336 g/mol. The third-order valence-electron chi connectivity index (χ3n) is 6.01. The minimum Gasteiger partial charge on any atom is -0.339 e. The fourth-order valence-corrected chi connectivity index (χ4v) is 4.57. The second kappa shape index (κ2) is 8.26. The van der Waals surface area contributed by atoms with Gasteiger partial charge < -0.3 is 4.90 Å². The maximum absolute atomic E-state index is 12.8. The van der Waals surface area contributed by atoms with E-state index in [4.69, 9.17) is 0 Å². The number of piperidine rings is 2. The fourth-order valence-electron chi connectivity index (χ4n) is 4.57. The Morgan fingerprint density at radius 1 is 1.11 bits per heavy atom. The molecule has 5 heteroatoms. The highest BCUT2D eigenvalue weighted by atomic mass is 16.2. The third-order valence-corrected chi connectivity index (χ3v) is 6.01. The summed E-state index contributed by atoms with van der Waals surface area (Å²) in [5, 5.41) is 4.33. The van der Waals surface area contributed by atoms with E-state index in [-0.39, 0.29) is 5.91 Å². The van der Waals surface area contributed by atoms with Crippen molar-refractivity contribution in [1.29, 1.82) is 0 Å². The van der Waals surface area contributed by atoms with Gasteiger partial charge in [0.05, 0.1) is 0 Å². The van der Waals surface area contributed by atoms with Crippen LogP contribution in [0, 0.1) is 0 Å². The van der Waals surface area contributed by atoms with E-state index in [2.05, 4.69) is 28.2 Å². The van der Waals surface area contributed by atoms with E-state index in [1.54, 1.807) is 0 Å². The molecule has 2 aliphatic rings. The molecule has 0 radical (unpaired) electrons. The van der Waals surface area contributed by atoms with E-state index < -0.39 is 0 Å². The Morgan fingerprint density at radius 2 is 1.96 bits per heavy atom. The van der Waals surface area contributed by atoms with Gasteiger partial charge in [0.25, 0.3) is 5.91 Å². The molecule has 1 atom stereocenters. The van der Waals surface area contributed by atoms with Crippen molar-refractivity contribution in [3.8, 4) is 0 Å². The Balaban J connectivity index is 1.42. The first kappa shape index (κ1) is 18.2. The number of rotatable bonds is 4. The van der Waals surface area contributed by atoms with Gasteiger partial charge in [0.15, 0.2) is 0 Å². The molecule has 0 saturated carbocycles. The zero-order chi connectivity index (χ0) is 18.6. The molecular formula is C22H30N4O. The summed E-state index contributed by atoms with van der Waals surface area (Å²) in [4.78, 5) is 17.3. The van der Waals surface area contributed by atoms with Crippen LogP contribution in [0.25, 0.3) is 0 Å². The molecule has 0 spiro atoms. The Labute approximate surface area is 162 Å². The summed E-state index contributed by atoms with van der Waals surface area (Å²) in [7, 11) is 2.03. The Bertz CT molecular complexity index is 778. The molecule has 2 aliphatic heterocycles. The van der Waals surface area contributed by atoms with Crippen molar-refractivity contribution in [3.05, 3.63) is 53.3 Å². The Kier molecular flexibility index (Phi) is 5.58. The molecule has 3 heterocycles. The molecule has 0 bridgehead atoms. The van der Waals surface area contributed by atoms with Gasteiger partial charge in [-0.3, -0.25) is 14.4 Å². The average molecular weight is 367 g/mol. The fraction of sp³-hybridized carbons (Fsp3) is 0.545. The number of nitrogens with zero attached hydrogens (tertiary/aromatic N) is 4. The zero-order valence-electron chi connectivity index (χ0n) is 16.3. The lowest BCUT2D eigenvalue weighted by molar-refractivity contribution is 0.0724. The summed E-state index contributed by atoms with van der Waals surface area (Å²) in [5.74, 6) is 0.743. The molecule has 0 unspecified atom stereocenters. The van der Waals surface area contributed by atoms with Crippen molar-refractivity contribution in [1.82, 2.24) is 19.6 Å². The quantitative estimate of drug-likeness (QED) is 0.832. The van der Waals surface area contributed by atoms with Crippen LogP contribution in [0.4, 0.5) is 0 Å². The number of benzene rings is 1. The van der Waals surface area contributed by atoms with Crippen LogP contribution in [0.15, 0.2) is 36.5 Å². The predicted octanol–water partition coefficient (Wildman–Crippen LogP) is 3.43. The first-order valence-electron chi connectivity index (χ1n) is 10.3. The SMILES string of the molecule is Cn1nccc1[C@@H]1CCCN(Cc2cccc(C(=O)N3CCCCC3)c2)C1. The van der Waals surface area contributed by atoms with Crippen molar-refractivity contribution in [2.75, 3.05) is 26.2 Å². The van der Waals surface area contributed by atoms with Crippen LogP contribution < -0.4 is 0 Å². The van der Waals surface area contributed by atoms with Crippen LogP contribution in [0.1, 0.15) is 59.6 Å². The second-order valence-corrected chi connectivity index (χ2v) is 8.01. The van der Waals surface area contributed by atoms with E-state index in [9.17, 15) is 4.79 Å². The lowest BCUT2D eigenvalue weighted by Gasteiger charge is -2.33. The molecule has 2 saturated heterocycles. The first-order chi connectivity index (χ1) is 13.2. The standard InChI is InChI=1S/C22H30N4O/c1-24-21(10-11-23-24)20-9-6-12-25(17-20)16-18-7-5-8-19(15-18)22(27)26-13-3-2-4-14-26/h5,7-8,10-11,15,20H,2-4,6,9,12-14,16-17H2,1H3/t20-/m1/s1. The van der Waals surface area contributed by atoms with Crippen LogP contribution in [-0.4, -0.2) is 51.7 Å². The van der Waals surface area contributed by atoms with Crippen LogP contribution in [-0.2, 0) is 13.6 Å². The molecule has 144 valence electrons. The van der Waals surface area contributed by atoms with Crippen LogP contribution in [0.2, 0.25) is 0 Å². The number of likely N-dealkylation sites (tertiary alicyclic amines) is 2. The lowest BCUT2D eigenvalue weighted by atomic mass is 9.94. The summed E-state index contributed by atoms with van der Waals surface area (Å²) in [6, 6.07) is 10.4. The van der Waals surface area contributed by atoms with Crippen molar-refractivity contribution in [2.45, 2.75) is 44.6 Å². The number of hydrogen-bond donors (Lipinski definition) is 0. The maximum atomic E-state index is 12.8. The molecule has 1 amide bonds. The first-order valence-corrected chi connectivity index (χ1v) is 10.3. The van der Waals surface area contributed by atoms with Gasteiger partial charge in [-0.1, -0.05) is 12.1 Å². The predicted molar refractivity (Wildman–Crippen MR) is 107 cm³/mol. The molecule has 0 aliphatic carbocycles. The highest BCUT2D eigenvalue weighted by Crippen LogP contribution is 2.27. The van der Waals surface area contributed by atoms with Crippen molar-refractivity contribution in [2.24, 2.45) is 7.05 Å². The van der Waals surface area contributed by atoms with Crippen molar-refractivity contribution in [3.63, 3.8) is 0 Å². The average Bonchev–Trinajstić information content (AvgIpc) is 3.14. The van der Waals surface area contributed by atoms with Gasteiger partial charge in [-0.15, -0.1) is 0 Å². The second-order valence-electron chi connectivity index (χ2n) is 8.01. The molecule has 2 fully saturated rings. The summed E-state index contributed by atoms with van der Waals surface area (Å²) in [5.41, 5.74) is 3.41. The Hall–Kier alpha value is -2.14. The number of aryl methyl sites for hydroxylation is 1. The third kappa shape index (κ3) is 4.24. The minimum absolute atomic E-state index is 0.197. The number of carbonyl (C=O) groups excluding carboxylic acids is 1. The Morgan fingerprint density at radius 3 is 2.74 bits per heavy atom. The highest BCUT2D eigenvalue weighted by Gasteiger charge is 2.24. The molecule has 27 heavy (non-hydrogen) atoms. The van der Waals surface area contributed by atoms with E-state index in [0.717, 1.165) is 51.1 Å². The highest BCUT2D eigenvalue weighted by molar-refractivity contribution is 5.94. The number of amides is 1. The van der Waals surface area contributed by atoms with E-state index in [0.29, 0.717) is 5.92 Å². The molecule has 1 aromatic heterocycles. The number of hydrogen-bond acceptors (Lipinski definition) is 3. The topological polar surface area (TPSA) is 41.4 Å². The van der Waals surface area contributed by atoms with E-state index >= 15 is 0 Å². The maximum Gasteiger partial charge on any atom is 0.253 e. The zero-order valence-corrected chi connectivity index (χ0v) is 16.3. The lowest BCUT2D eigenvalue weighted by Crippen LogP contribution is -2.36. The summed E-state index contributed by atoms with van der Waals surface area (Å²) in [6.45, 7) is 4.90. The van der Waals surface area contributed by atoms with Gasteiger partial charge in [-0.25, -0.2) is 0 Å². The monoisotopic (exact) mass is 366 g/mol. The van der Waals surface area contributed by atoms with Crippen LogP contribution in [0.5, 0.6) is 0 Å². The molecule has 2 aromatic rings. The summed E-state index contributed by atoms with van der Waals surface area (Å²) >= 11 is 0. The van der Waals surface area contributed by atoms with Gasteiger partial charge in [-0.2, -0.15) is 5.10 Å². The minimum atomic E-state index is 0.197.